The quantitative estimate of drug-likeness (QED) is 0.606. The lowest BCUT2D eigenvalue weighted by molar-refractivity contribution is 0.0963. The molecule has 2 N–H and O–H groups in total. The zero-order chi connectivity index (χ0) is 21.8. The molecule has 0 atom stereocenters. The van der Waals surface area contributed by atoms with Gasteiger partial charge in [-0.3, -0.25) is 4.79 Å². The number of carbonyl (C=O) groups excluding carboxylic acids is 1. The molecule has 1 saturated carbocycles. The molecule has 1 aromatic heterocycles. The fourth-order valence-electron chi connectivity index (χ4n) is 3.77. The highest BCUT2D eigenvalue weighted by atomic mass is 32.2. The Bertz CT molecular complexity index is 895. The minimum atomic E-state index is -0.171. The first-order chi connectivity index (χ1) is 15.1. The number of rotatable bonds is 8. The molecule has 0 unspecified atom stereocenters. The van der Waals surface area contributed by atoms with Crippen molar-refractivity contribution in [2.24, 2.45) is 0 Å². The highest BCUT2D eigenvalue weighted by Gasteiger charge is 2.30. The van der Waals surface area contributed by atoms with Crippen molar-refractivity contribution >= 4 is 41.0 Å². The van der Waals surface area contributed by atoms with Crippen molar-refractivity contribution in [3.05, 3.63) is 36.0 Å². The van der Waals surface area contributed by atoms with Gasteiger partial charge in [0.25, 0.3) is 5.91 Å². The van der Waals surface area contributed by atoms with E-state index in [0.29, 0.717) is 23.4 Å². The maximum atomic E-state index is 12.2. The molecular formula is C22H31N7OS. The van der Waals surface area contributed by atoms with Gasteiger partial charge in [0.05, 0.1) is 0 Å². The molecule has 2 fully saturated rings. The standard InChI is InChI=1S/C22H31N7OS/c1-4-31-29-13-11-28(12-14-29)18-7-5-16(6-8-18)25-22-24-15-19(21(30)23-2)20(26-22)27(3)17-9-10-17/h5-8,15,17H,4,9-14H2,1-3H3,(H,23,30)(H,24,25,26). The van der Waals surface area contributed by atoms with Crippen LogP contribution in [0.3, 0.4) is 0 Å². The maximum absolute atomic E-state index is 12.2. The molecule has 1 amide bonds. The second-order valence-electron chi connectivity index (χ2n) is 7.86. The summed E-state index contributed by atoms with van der Waals surface area (Å²) in [6.45, 7) is 6.45. The van der Waals surface area contributed by atoms with E-state index in [1.54, 1.807) is 13.2 Å². The van der Waals surface area contributed by atoms with E-state index in [-0.39, 0.29) is 5.91 Å². The van der Waals surface area contributed by atoms with Gasteiger partial charge in [0.15, 0.2) is 0 Å². The van der Waals surface area contributed by atoms with E-state index in [1.807, 2.05) is 19.0 Å². The van der Waals surface area contributed by atoms with E-state index in [2.05, 4.69) is 65.9 Å². The molecule has 2 heterocycles. The van der Waals surface area contributed by atoms with Crippen molar-refractivity contribution < 1.29 is 4.79 Å². The van der Waals surface area contributed by atoms with Gasteiger partial charge in [0.1, 0.15) is 11.4 Å². The first kappa shape index (κ1) is 21.7. The molecule has 0 radical (unpaired) electrons. The highest BCUT2D eigenvalue weighted by molar-refractivity contribution is 7.96. The van der Waals surface area contributed by atoms with Crippen LogP contribution in [0.2, 0.25) is 0 Å². The Hall–Kier alpha value is -2.52. The minimum absolute atomic E-state index is 0.171. The van der Waals surface area contributed by atoms with Crippen LogP contribution in [-0.2, 0) is 0 Å². The summed E-state index contributed by atoms with van der Waals surface area (Å²) in [5.74, 6) is 2.12. The molecule has 166 valence electrons. The average Bonchev–Trinajstić information content (AvgIpc) is 3.65. The number of carbonyl (C=O) groups is 1. The van der Waals surface area contributed by atoms with E-state index < -0.39 is 0 Å². The predicted molar refractivity (Wildman–Crippen MR) is 128 cm³/mol. The van der Waals surface area contributed by atoms with Crippen LogP contribution in [0.5, 0.6) is 0 Å². The first-order valence-corrected chi connectivity index (χ1v) is 11.8. The summed E-state index contributed by atoms with van der Waals surface area (Å²) in [6.07, 6.45) is 3.86. The van der Waals surface area contributed by atoms with E-state index in [1.165, 1.54) is 5.69 Å². The largest absolute Gasteiger partial charge is 0.369 e. The first-order valence-electron chi connectivity index (χ1n) is 10.9. The summed E-state index contributed by atoms with van der Waals surface area (Å²) in [4.78, 5) is 25.8. The normalized spacial score (nSPS) is 16.8. The summed E-state index contributed by atoms with van der Waals surface area (Å²) in [7, 11) is 3.61. The van der Waals surface area contributed by atoms with Gasteiger partial charge in [-0.1, -0.05) is 18.9 Å². The molecule has 9 heteroatoms. The number of anilines is 4. The van der Waals surface area contributed by atoms with E-state index in [9.17, 15) is 4.79 Å². The van der Waals surface area contributed by atoms with Crippen LogP contribution in [0.15, 0.2) is 30.5 Å². The SMILES string of the molecule is CCSN1CCN(c2ccc(Nc3ncc(C(=O)NC)c(N(C)C4CC4)n3)cc2)CC1. The second kappa shape index (κ2) is 9.74. The number of benzene rings is 1. The van der Waals surface area contributed by atoms with Crippen LogP contribution in [0.1, 0.15) is 30.1 Å². The zero-order valence-electron chi connectivity index (χ0n) is 18.5. The van der Waals surface area contributed by atoms with Gasteiger partial charge < -0.3 is 20.4 Å². The number of piperazine rings is 1. The third kappa shape index (κ3) is 5.22. The Kier molecular flexibility index (Phi) is 6.82. The molecule has 8 nitrogen and oxygen atoms in total. The fraction of sp³-hybridized carbons (Fsp3) is 0.500. The van der Waals surface area contributed by atoms with Crippen LogP contribution < -0.4 is 20.4 Å². The van der Waals surface area contributed by atoms with Gasteiger partial charge in [-0.2, -0.15) is 4.98 Å². The molecule has 1 aliphatic carbocycles. The molecule has 1 saturated heterocycles. The van der Waals surface area contributed by atoms with Crippen LogP contribution in [0.25, 0.3) is 0 Å². The molecule has 1 aromatic carbocycles. The number of nitrogens with zero attached hydrogens (tertiary/aromatic N) is 5. The Balaban J connectivity index is 1.44. The third-order valence-corrected chi connectivity index (χ3v) is 6.70. The Morgan fingerprint density at radius 1 is 1.19 bits per heavy atom. The number of aromatic nitrogens is 2. The molecule has 31 heavy (non-hydrogen) atoms. The van der Waals surface area contributed by atoms with Gasteiger partial charge in [0.2, 0.25) is 5.95 Å². The monoisotopic (exact) mass is 441 g/mol. The molecule has 2 aromatic rings. The van der Waals surface area contributed by atoms with Gasteiger partial charge in [0, 0.05) is 69.6 Å². The maximum Gasteiger partial charge on any atom is 0.256 e. The van der Waals surface area contributed by atoms with Crippen molar-refractivity contribution in [2.45, 2.75) is 25.8 Å². The average molecular weight is 442 g/mol. The summed E-state index contributed by atoms with van der Waals surface area (Å²) in [6, 6.07) is 8.84. The summed E-state index contributed by atoms with van der Waals surface area (Å²) in [5.41, 5.74) is 2.66. The smallest absolute Gasteiger partial charge is 0.256 e. The predicted octanol–water partition coefficient (Wildman–Crippen LogP) is 2.97. The second-order valence-corrected chi connectivity index (χ2v) is 9.21. The van der Waals surface area contributed by atoms with E-state index in [0.717, 1.165) is 50.5 Å². The third-order valence-electron chi connectivity index (χ3n) is 5.71. The lowest BCUT2D eigenvalue weighted by Crippen LogP contribution is -2.43. The van der Waals surface area contributed by atoms with Gasteiger partial charge >= 0.3 is 0 Å². The van der Waals surface area contributed by atoms with Gasteiger partial charge in [-0.05, 0) is 37.1 Å². The number of amides is 1. The molecule has 1 aliphatic heterocycles. The number of nitrogens with one attached hydrogen (secondary N) is 2. The van der Waals surface area contributed by atoms with Crippen molar-refractivity contribution in [2.75, 3.05) is 61.1 Å². The molecule has 0 bridgehead atoms. The molecule has 4 rings (SSSR count). The van der Waals surface area contributed by atoms with Crippen molar-refractivity contribution in [1.82, 2.24) is 19.6 Å². The van der Waals surface area contributed by atoms with Crippen molar-refractivity contribution in [3.8, 4) is 0 Å². The topological polar surface area (TPSA) is 76.6 Å². The van der Waals surface area contributed by atoms with Crippen LogP contribution in [0.4, 0.5) is 23.1 Å². The number of hydrogen-bond acceptors (Lipinski definition) is 8. The summed E-state index contributed by atoms with van der Waals surface area (Å²) in [5, 5.41) is 5.96. The van der Waals surface area contributed by atoms with E-state index in [4.69, 9.17) is 0 Å². The Morgan fingerprint density at radius 3 is 2.52 bits per heavy atom. The van der Waals surface area contributed by atoms with E-state index >= 15 is 0 Å². The Morgan fingerprint density at radius 2 is 1.90 bits per heavy atom. The highest BCUT2D eigenvalue weighted by Crippen LogP contribution is 2.32. The summed E-state index contributed by atoms with van der Waals surface area (Å²) >= 11 is 1.92. The molecule has 2 aliphatic rings. The van der Waals surface area contributed by atoms with Crippen molar-refractivity contribution in [1.29, 1.82) is 0 Å². The lowest BCUT2D eigenvalue weighted by Gasteiger charge is -2.35. The van der Waals surface area contributed by atoms with Crippen LogP contribution in [0, 0.1) is 0 Å². The minimum Gasteiger partial charge on any atom is -0.369 e. The molecular weight excluding hydrogens is 410 g/mol. The van der Waals surface area contributed by atoms with Crippen LogP contribution >= 0.6 is 11.9 Å². The zero-order valence-corrected chi connectivity index (χ0v) is 19.3. The fourth-order valence-corrected chi connectivity index (χ4v) is 4.56. The van der Waals surface area contributed by atoms with Gasteiger partial charge in [-0.25, -0.2) is 9.29 Å². The lowest BCUT2D eigenvalue weighted by atomic mass is 10.2. The van der Waals surface area contributed by atoms with Crippen molar-refractivity contribution in [3.63, 3.8) is 0 Å². The van der Waals surface area contributed by atoms with Gasteiger partial charge in [-0.15, -0.1) is 0 Å². The number of hydrogen-bond donors (Lipinski definition) is 2. The Labute approximate surface area is 188 Å². The molecule has 0 spiro atoms. The van der Waals surface area contributed by atoms with Crippen LogP contribution in [-0.4, -0.2) is 72.2 Å². The summed E-state index contributed by atoms with van der Waals surface area (Å²) < 4.78 is 2.45.